The lowest BCUT2D eigenvalue weighted by molar-refractivity contribution is 0.0731. The molecule has 4 nitrogen and oxygen atoms in total. The Morgan fingerprint density at radius 3 is 1.86 bits per heavy atom. The zero-order chi connectivity index (χ0) is 25.8. The molecule has 0 spiro atoms. The van der Waals surface area contributed by atoms with Gasteiger partial charge in [0.1, 0.15) is 6.61 Å². The van der Waals surface area contributed by atoms with Crippen molar-refractivity contribution in [1.82, 2.24) is 5.32 Å². The third-order valence-corrected chi connectivity index (χ3v) is 11.9. The van der Waals surface area contributed by atoms with Crippen LogP contribution in [-0.2, 0) is 15.8 Å². The summed E-state index contributed by atoms with van der Waals surface area (Å²) in [6.07, 6.45) is -0.701. The summed E-state index contributed by atoms with van der Waals surface area (Å²) in [7, 11) is -2.90. The van der Waals surface area contributed by atoms with Crippen LogP contribution < -0.4 is 15.7 Å². The van der Waals surface area contributed by atoms with E-state index in [2.05, 4.69) is 26.1 Å². The van der Waals surface area contributed by atoms with Crippen LogP contribution in [0.4, 0.5) is 13.6 Å². The summed E-state index contributed by atoms with van der Waals surface area (Å²) < 4.78 is 41.4. The molecule has 1 N–H and O–H groups in total. The Balaban J connectivity index is 1.45. The maximum Gasteiger partial charge on any atom is 0.407 e. The van der Waals surface area contributed by atoms with Gasteiger partial charge < -0.3 is 14.5 Å². The average molecular weight is 510 g/mol. The third kappa shape index (κ3) is 5.37. The van der Waals surface area contributed by atoms with Crippen LogP contribution >= 0.6 is 0 Å². The van der Waals surface area contributed by atoms with Crippen LogP contribution in [0.3, 0.4) is 0 Å². The molecule has 7 heteroatoms. The van der Waals surface area contributed by atoms with Crippen molar-refractivity contribution in [2.75, 3.05) is 13.2 Å². The topological polar surface area (TPSA) is 47.6 Å². The van der Waals surface area contributed by atoms with Crippen LogP contribution in [0.15, 0.2) is 91.0 Å². The van der Waals surface area contributed by atoms with Gasteiger partial charge in [0.05, 0.1) is 11.8 Å². The van der Waals surface area contributed by atoms with Gasteiger partial charge in [-0.15, -0.1) is 0 Å². The van der Waals surface area contributed by atoms with Crippen molar-refractivity contribution in [3.63, 3.8) is 0 Å². The average Bonchev–Trinajstić information content (AvgIpc) is 3.41. The summed E-state index contributed by atoms with van der Waals surface area (Å²) >= 11 is 0. The Labute approximate surface area is 212 Å². The fraction of sp³-hybridized carbons (Fsp3) is 0.345. The van der Waals surface area contributed by atoms with Crippen molar-refractivity contribution >= 4 is 24.8 Å². The van der Waals surface area contributed by atoms with Crippen molar-refractivity contribution < 1.29 is 22.7 Å². The standard InChI is InChI=1S/C29H33F2NO3Si/c1-28(2,3)36(23-15-9-5-10-16-23,24-17-11-6-12-18-24)35-21-26-25(29(26,30)31)19-32-27(33)34-20-22-13-7-4-8-14-22/h4-18,25-26H,19-21H2,1-3H3,(H,32,33)/t25-,26-/m0/s1. The smallest absolute Gasteiger partial charge is 0.407 e. The molecule has 2 atom stereocenters. The molecule has 0 aliphatic heterocycles. The van der Waals surface area contributed by atoms with Gasteiger partial charge in [0.25, 0.3) is 14.2 Å². The van der Waals surface area contributed by atoms with E-state index in [1.54, 1.807) is 0 Å². The van der Waals surface area contributed by atoms with Crippen molar-refractivity contribution in [2.24, 2.45) is 11.8 Å². The number of ether oxygens (including phenoxy) is 1. The van der Waals surface area contributed by atoms with E-state index < -0.39 is 32.2 Å². The third-order valence-electron chi connectivity index (χ3n) is 6.94. The van der Waals surface area contributed by atoms with Crippen molar-refractivity contribution in [2.45, 2.75) is 38.3 Å². The molecule has 0 bridgehead atoms. The second-order valence-corrected chi connectivity index (χ2v) is 14.6. The molecule has 190 valence electrons. The highest BCUT2D eigenvalue weighted by molar-refractivity contribution is 6.99. The zero-order valence-corrected chi connectivity index (χ0v) is 21.9. The summed E-state index contributed by atoms with van der Waals surface area (Å²) in [5.41, 5.74) is 0.834. The van der Waals surface area contributed by atoms with Gasteiger partial charge in [-0.3, -0.25) is 0 Å². The fourth-order valence-corrected chi connectivity index (χ4v) is 9.50. The predicted octanol–water partition coefficient (Wildman–Crippen LogP) is 5.37. The number of halogens is 2. The normalized spacial score (nSPS) is 18.9. The number of rotatable bonds is 9. The molecule has 3 aromatic rings. The fourth-order valence-electron chi connectivity index (χ4n) is 4.91. The molecule has 1 aliphatic carbocycles. The number of alkyl halides is 2. The van der Waals surface area contributed by atoms with Gasteiger partial charge in [-0.05, 0) is 21.0 Å². The maximum atomic E-state index is 14.8. The first-order valence-electron chi connectivity index (χ1n) is 12.2. The van der Waals surface area contributed by atoms with E-state index >= 15 is 0 Å². The molecule has 1 saturated carbocycles. The van der Waals surface area contributed by atoms with Crippen molar-refractivity contribution in [1.29, 1.82) is 0 Å². The largest absolute Gasteiger partial charge is 0.445 e. The predicted molar refractivity (Wildman–Crippen MR) is 140 cm³/mol. The van der Waals surface area contributed by atoms with Gasteiger partial charge in [-0.1, -0.05) is 112 Å². The van der Waals surface area contributed by atoms with Crippen LogP contribution in [0.2, 0.25) is 5.04 Å². The van der Waals surface area contributed by atoms with E-state index in [1.807, 2.05) is 91.0 Å². The van der Waals surface area contributed by atoms with Gasteiger partial charge in [-0.25, -0.2) is 13.6 Å². The lowest BCUT2D eigenvalue weighted by Crippen LogP contribution is -2.66. The number of nitrogens with one attached hydrogen (secondary N) is 1. The summed E-state index contributed by atoms with van der Waals surface area (Å²) in [6, 6.07) is 29.1. The summed E-state index contributed by atoms with van der Waals surface area (Å²) in [6.45, 7) is 6.21. The molecule has 0 unspecified atom stereocenters. The Kier molecular flexibility index (Phi) is 7.61. The zero-order valence-electron chi connectivity index (χ0n) is 20.9. The van der Waals surface area contributed by atoms with Gasteiger partial charge in [-0.2, -0.15) is 0 Å². The summed E-state index contributed by atoms with van der Waals surface area (Å²) in [4.78, 5) is 12.1. The molecule has 0 aromatic heterocycles. The molecule has 0 heterocycles. The van der Waals surface area contributed by atoms with Crippen LogP contribution in [0.5, 0.6) is 0 Å². The quantitative estimate of drug-likeness (QED) is 0.395. The van der Waals surface area contributed by atoms with Crippen LogP contribution in [-0.4, -0.2) is 33.5 Å². The first-order chi connectivity index (χ1) is 17.2. The Morgan fingerprint density at radius 1 is 0.861 bits per heavy atom. The first kappa shape index (κ1) is 26.0. The highest BCUT2D eigenvalue weighted by Gasteiger charge is 2.68. The number of carbonyl (C=O) groups is 1. The lowest BCUT2D eigenvalue weighted by Gasteiger charge is -2.43. The van der Waals surface area contributed by atoms with E-state index in [4.69, 9.17) is 9.16 Å². The molecule has 36 heavy (non-hydrogen) atoms. The first-order valence-corrected chi connectivity index (χ1v) is 14.1. The Bertz CT molecular complexity index is 1100. The van der Waals surface area contributed by atoms with Gasteiger partial charge >= 0.3 is 6.09 Å². The number of hydrogen-bond donors (Lipinski definition) is 1. The van der Waals surface area contributed by atoms with Crippen molar-refractivity contribution in [3.8, 4) is 0 Å². The maximum absolute atomic E-state index is 14.8. The van der Waals surface area contributed by atoms with E-state index in [0.717, 1.165) is 15.9 Å². The highest BCUT2D eigenvalue weighted by Crippen LogP contribution is 2.55. The SMILES string of the molecule is CC(C)(C)[Si](OC[C@H]1[C@H](CNC(=O)OCc2ccccc2)C1(F)F)(c1ccccc1)c1ccccc1. The molecule has 0 saturated heterocycles. The molecule has 3 aromatic carbocycles. The minimum absolute atomic E-state index is 0.0777. The minimum Gasteiger partial charge on any atom is -0.445 e. The number of hydrogen-bond acceptors (Lipinski definition) is 3. The van der Waals surface area contributed by atoms with E-state index in [9.17, 15) is 13.6 Å². The van der Waals surface area contributed by atoms with Gasteiger partial charge in [0.2, 0.25) is 0 Å². The minimum atomic E-state index is -2.90. The van der Waals surface area contributed by atoms with E-state index in [1.165, 1.54) is 0 Å². The van der Waals surface area contributed by atoms with Crippen LogP contribution in [0.25, 0.3) is 0 Å². The van der Waals surface area contributed by atoms with E-state index in [-0.39, 0.29) is 24.8 Å². The van der Waals surface area contributed by atoms with Crippen molar-refractivity contribution in [3.05, 3.63) is 96.6 Å². The lowest BCUT2D eigenvalue weighted by atomic mass is 10.2. The molecule has 1 amide bonds. The van der Waals surface area contributed by atoms with Gasteiger partial charge in [0, 0.05) is 13.2 Å². The monoisotopic (exact) mass is 509 g/mol. The molecule has 1 fully saturated rings. The van der Waals surface area contributed by atoms with Crippen LogP contribution in [0.1, 0.15) is 26.3 Å². The number of amides is 1. The summed E-state index contributed by atoms with van der Waals surface area (Å²) in [5, 5.41) is 4.31. The van der Waals surface area contributed by atoms with E-state index in [0.29, 0.717) is 0 Å². The summed E-state index contributed by atoms with van der Waals surface area (Å²) in [5.74, 6) is -4.86. The molecular formula is C29H33F2NO3Si. The Morgan fingerprint density at radius 2 is 1.36 bits per heavy atom. The van der Waals surface area contributed by atoms with Gasteiger partial charge in [0.15, 0.2) is 0 Å². The molecule has 4 rings (SSSR count). The Hall–Kier alpha value is -3.03. The molecular weight excluding hydrogens is 476 g/mol. The second-order valence-electron chi connectivity index (χ2n) is 10.3. The van der Waals surface area contributed by atoms with Crippen LogP contribution in [0, 0.1) is 11.8 Å². The number of alkyl carbamates (subject to hydrolysis) is 1. The number of carbonyl (C=O) groups excluding carboxylic acids is 1. The molecule has 0 radical (unpaired) electrons. The highest BCUT2D eigenvalue weighted by atomic mass is 28.4. The molecule has 1 aliphatic rings. The number of benzene rings is 3. The second kappa shape index (κ2) is 10.5.